The predicted octanol–water partition coefficient (Wildman–Crippen LogP) is -0.154. The summed E-state index contributed by atoms with van der Waals surface area (Å²) in [4.78, 5) is 0. The van der Waals surface area contributed by atoms with E-state index in [4.69, 9.17) is 0 Å². The summed E-state index contributed by atoms with van der Waals surface area (Å²) >= 11 is 0. The van der Waals surface area contributed by atoms with Gasteiger partial charge in [0.2, 0.25) is 0 Å². The van der Waals surface area contributed by atoms with E-state index in [0.717, 1.165) is 5.69 Å². The summed E-state index contributed by atoms with van der Waals surface area (Å²) in [5.41, 5.74) is 0.730. The van der Waals surface area contributed by atoms with Gasteiger partial charge in [0.25, 0.3) is 0 Å². The minimum Gasteiger partial charge on any atom is -0.385 e. The summed E-state index contributed by atoms with van der Waals surface area (Å²) in [5, 5.41) is 20.3. The highest BCUT2D eigenvalue weighted by Gasteiger charge is 2.11. The maximum Gasteiger partial charge on any atom is 0.110 e. The van der Waals surface area contributed by atoms with E-state index in [2.05, 4.69) is 15.6 Å². The van der Waals surface area contributed by atoms with Gasteiger partial charge in [-0.2, -0.15) is 0 Å². The van der Waals surface area contributed by atoms with Gasteiger partial charge in [-0.15, -0.1) is 5.10 Å². The molecule has 0 bridgehead atoms. The van der Waals surface area contributed by atoms with Crippen LogP contribution in [0, 0.1) is 0 Å². The average Bonchev–Trinajstić information content (AvgIpc) is 2.47. The summed E-state index contributed by atoms with van der Waals surface area (Å²) in [5.74, 6) is 0. The highest BCUT2D eigenvalue weighted by molar-refractivity contribution is 4.98. The Morgan fingerprint density at radius 1 is 1.62 bits per heavy atom. The second-order valence-electron chi connectivity index (χ2n) is 3.36. The Bertz CT molecular complexity index is 258. The Morgan fingerprint density at radius 2 is 2.31 bits per heavy atom. The molecular formula is C8H16N4O. The molecule has 74 valence electrons. The summed E-state index contributed by atoms with van der Waals surface area (Å²) in [6.07, 6.45) is 1.04. The van der Waals surface area contributed by atoms with Crippen LogP contribution in [-0.2, 0) is 7.05 Å². The lowest BCUT2D eigenvalue weighted by Crippen LogP contribution is -2.28. The van der Waals surface area contributed by atoms with Crippen LogP contribution in [0.3, 0.4) is 0 Å². The predicted molar refractivity (Wildman–Crippen MR) is 49.1 cm³/mol. The molecular weight excluding hydrogens is 168 g/mol. The second-order valence-corrected chi connectivity index (χ2v) is 3.36. The van der Waals surface area contributed by atoms with Crippen molar-refractivity contribution in [2.45, 2.75) is 26.0 Å². The number of aliphatic hydroxyl groups excluding tert-OH is 1. The van der Waals surface area contributed by atoms with Crippen molar-refractivity contribution >= 4 is 0 Å². The fraction of sp³-hybridized carbons (Fsp3) is 0.750. The van der Waals surface area contributed by atoms with Gasteiger partial charge in [-0.05, 0) is 0 Å². The number of rotatable bonds is 4. The first-order chi connectivity index (χ1) is 6.11. The lowest BCUT2D eigenvalue weighted by atomic mass is 10.2. The molecule has 0 amide bonds. The molecule has 1 aromatic rings. The topological polar surface area (TPSA) is 63.0 Å². The van der Waals surface area contributed by atoms with Crippen molar-refractivity contribution in [3.05, 3.63) is 11.9 Å². The van der Waals surface area contributed by atoms with Crippen LogP contribution in [0.2, 0.25) is 0 Å². The van der Waals surface area contributed by atoms with Crippen LogP contribution in [-0.4, -0.2) is 32.7 Å². The van der Waals surface area contributed by atoms with Crippen molar-refractivity contribution in [2.24, 2.45) is 7.05 Å². The van der Waals surface area contributed by atoms with Gasteiger partial charge < -0.3 is 10.4 Å². The third-order valence-corrected chi connectivity index (χ3v) is 1.81. The monoisotopic (exact) mass is 184 g/mol. The molecule has 0 aliphatic heterocycles. The molecule has 13 heavy (non-hydrogen) atoms. The summed E-state index contributed by atoms with van der Waals surface area (Å²) in [6, 6.07) is 0.371. The number of nitrogens with zero attached hydrogens (tertiary/aromatic N) is 3. The van der Waals surface area contributed by atoms with E-state index in [-0.39, 0.29) is 0 Å². The Kier molecular flexibility index (Phi) is 3.39. The molecule has 2 N–H and O–H groups in total. The standard InChI is InChI=1S/C8H16N4O/c1-6(2)9-5-8(13)7-4-10-11-12(7)3/h4,6,8-9,13H,5H2,1-3H3. The Hall–Kier alpha value is -0.940. The maximum absolute atomic E-state index is 9.68. The number of aromatic nitrogens is 3. The zero-order valence-electron chi connectivity index (χ0n) is 8.23. The molecule has 0 spiro atoms. The molecule has 0 aromatic carbocycles. The highest BCUT2D eigenvalue weighted by atomic mass is 16.3. The first kappa shape index (κ1) is 10.1. The third-order valence-electron chi connectivity index (χ3n) is 1.81. The van der Waals surface area contributed by atoms with Crippen LogP contribution in [0.15, 0.2) is 6.20 Å². The molecule has 0 saturated carbocycles. The highest BCUT2D eigenvalue weighted by Crippen LogP contribution is 2.07. The molecule has 0 aliphatic rings. The SMILES string of the molecule is CC(C)NCC(O)c1cnnn1C. The van der Waals surface area contributed by atoms with Crippen LogP contribution in [0.4, 0.5) is 0 Å². The number of nitrogens with one attached hydrogen (secondary N) is 1. The van der Waals surface area contributed by atoms with Gasteiger partial charge in [0.1, 0.15) is 6.10 Å². The smallest absolute Gasteiger partial charge is 0.110 e. The quantitative estimate of drug-likeness (QED) is 0.683. The molecule has 5 heteroatoms. The first-order valence-electron chi connectivity index (χ1n) is 4.37. The third kappa shape index (κ3) is 2.78. The van der Waals surface area contributed by atoms with Gasteiger partial charge in [0, 0.05) is 19.6 Å². The van der Waals surface area contributed by atoms with Crippen molar-refractivity contribution in [3.8, 4) is 0 Å². The van der Waals surface area contributed by atoms with Crippen molar-refractivity contribution < 1.29 is 5.11 Å². The van der Waals surface area contributed by atoms with Crippen molar-refractivity contribution in [1.82, 2.24) is 20.3 Å². The van der Waals surface area contributed by atoms with Crippen LogP contribution < -0.4 is 5.32 Å². The van der Waals surface area contributed by atoms with Gasteiger partial charge >= 0.3 is 0 Å². The molecule has 5 nitrogen and oxygen atoms in total. The van der Waals surface area contributed by atoms with Gasteiger partial charge in [-0.3, -0.25) is 0 Å². The van der Waals surface area contributed by atoms with E-state index in [1.165, 1.54) is 0 Å². The lowest BCUT2D eigenvalue weighted by Gasteiger charge is -2.13. The van der Waals surface area contributed by atoms with Crippen molar-refractivity contribution in [3.63, 3.8) is 0 Å². The van der Waals surface area contributed by atoms with E-state index in [0.29, 0.717) is 12.6 Å². The maximum atomic E-state index is 9.68. The number of hydrogen-bond acceptors (Lipinski definition) is 4. The zero-order valence-corrected chi connectivity index (χ0v) is 8.23. The summed E-state index contributed by atoms with van der Waals surface area (Å²) in [7, 11) is 1.76. The molecule has 1 aromatic heterocycles. The minimum absolute atomic E-state index is 0.371. The minimum atomic E-state index is -0.539. The van der Waals surface area contributed by atoms with Gasteiger partial charge in [-0.25, -0.2) is 4.68 Å². The van der Waals surface area contributed by atoms with Gasteiger partial charge in [0.05, 0.1) is 11.9 Å². The summed E-state index contributed by atoms with van der Waals surface area (Å²) < 4.78 is 1.58. The normalized spacial score (nSPS) is 13.6. The second kappa shape index (κ2) is 4.34. The molecule has 1 unspecified atom stereocenters. The van der Waals surface area contributed by atoms with Gasteiger partial charge in [-0.1, -0.05) is 19.1 Å². The fourth-order valence-corrected chi connectivity index (χ4v) is 1.05. The molecule has 0 radical (unpaired) electrons. The number of aryl methyl sites for hydroxylation is 1. The van der Waals surface area contributed by atoms with E-state index in [1.807, 2.05) is 13.8 Å². The first-order valence-corrected chi connectivity index (χ1v) is 4.37. The van der Waals surface area contributed by atoms with Crippen LogP contribution in [0.1, 0.15) is 25.6 Å². The summed E-state index contributed by atoms with van der Waals surface area (Å²) in [6.45, 7) is 4.60. The lowest BCUT2D eigenvalue weighted by molar-refractivity contribution is 0.162. The largest absolute Gasteiger partial charge is 0.385 e. The van der Waals surface area contributed by atoms with Gasteiger partial charge in [0.15, 0.2) is 0 Å². The molecule has 0 fully saturated rings. The molecule has 1 atom stereocenters. The Morgan fingerprint density at radius 3 is 2.77 bits per heavy atom. The average molecular weight is 184 g/mol. The fourth-order valence-electron chi connectivity index (χ4n) is 1.05. The molecule has 0 saturated heterocycles. The van der Waals surface area contributed by atoms with Crippen LogP contribution >= 0.6 is 0 Å². The van der Waals surface area contributed by atoms with E-state index in [1.54, 1.807) is 17.9 Å². The zero-order chi connectivity index (χ0) is 9.84. The number of aliphatic hydroxyl groups is 1. The molecule has 1 rings (SSSR count). The molecule has 0 aliphatic carbocycles. The van der Waals surface area contributed by atoms with E-state index < -0.39 is 6.10 Å². The van der Waals surface area contributed by atoms with Crippen LogP contribution in [0.25, 0.3) is 0 Å². The van der Waals surface area contributed by atoms with Crippen molar-refractivity contribution in [1.29, 1.82) is 0 Å². The molecule has 1 heterocycles. The Labute approximate surface area is 77.8 Å². The van der Waals surface area contributed by atoms with E-state index >= 15 is 0 Å². The number of hydrogen-bond donors (Lipinski definition) is 2. The Balaban J connectivity index is 2.49. The van der Waals surface area contributed by atoms with Crippen LogP contribution in [0.5, 0.6) is 0 Å². The van der Waals surface area contributed by atoms with Crippen molar-refractivity contribution in [2.75, 3.05) is 6.54 Å². The van der Waals surface area contributed by atoms with E-state index in [9.17, 15) is 5.11 Å².